The van der Waals surface area contributed by atoms with Gasteiger partial charge in [-0.2, -0.15) is 0 Å². The monoisotopic (exact) mass is 808 g/mol. The molecule has 52 heavy (non-hydrogen) atoms. The van der Waals surface area contributed by atoms with Crippen LogP contribution in [0.5, 0.6) is 0 Å². The Hall–Kier alpha value is -1.51. The van der Waals surface area contributed by atoms with E-state index in [0.29, 0.717) is 0 Å². The number of hydrogen-bond donors (Lipinski definition) is 4. The SMILES string of the molecule is CN(C(=O)C(C)(C)O)C1CCN(Cc2ccccc2)CC1.CN(C(=O)C(C)(C)O)C1CCNCC1.CN1CCC(N(C)C(=O)C(C)(C)O)CC1.[CH3-].[Y]. The number of likely N-dealkylation sites (tertiary alicyclic amines) is 2. The van der Waals surface area contributed by atoms with Crippen LogP contribution in [0.15, 0.2) is 30.3 Å². The fourth-order valence-electron chi connectivity index (χ4n) is 6.67. The van der Waals surface area contributed by atoms with Crippen LogP contribution in [-0.4, -0.2) is 160 Å². The first kappa shape index (κ1) is 50.5. The normalized spacial score (nSPS) is 18.2. The minimum absolute atomic E-state index is 0. The molecule has 0 unspecified atom stereocenters. The zero-order chi connectivity index (χ0) is 37.9. The Morgan fingerprint density at radius 2 is 0.981 bits per heavy atom. The second kappa shape index (κ2) is 22.8. The first-order chi connectivity index (χ1) is 23.1. The van der Waals surface area contributed by atoms with E-state index in [1.165, 1.54) is 19.4 Å². The number of hydrogen-bond acceptors (Lipinski definition) is 9. The van der Waals surface area contributed by atoms with Crippen LogP contribution < -0.4 is 5.32 Å². The number of carbonyl (C=O) groups is 3. The molecule has 13 heteroatoms. The van der Waals surface area contributed by atoms with Gasteiger partial charge in [0.1, 0.15) is 16.8 Å². The van der Waals surface area contributed by atoms with Crippen LogP contribution in [0.2, 0.25) is 0 Å². The molecule has 3 amide bonds. The van der Waals surface area contributed by atoms with Crippen LogP contribution in [0.25, 0.3) is 0 Å². The molecule has 1 radical (unpaired) electrons. The number of nitrogens with one attached hydrogen (secondary N) is 1. The van der Waals surface area contributed by atoms with Crippen molar-refractivity contribution in [1.29, 1.82) is 0 Å². The van der Waals surface area contributed by atoms with Crippen LogP contribution in [0.1, 0.15) is 85.6 Å². The number of nitrogens with zero attached hydrogens (tertiary/aromatic N) is 5. The number of piperidine rings is 3. The first-order valence-corrected chi connectivity index (χ1v) is 18.3. The largest absolute Gasteiger partial charge is 0.381 e. The van der Waals surface area contributed by atoms with Crippen molar-refractivity contribution in [3.05, 3.63) is 43.3 Å². The molecule has 12 nitrogen and oxygen atoms in total. The summed E-state index contributed by atoms with van der Waals surface area (Å²) >= 11 is 0. The third-order valence-corrected chi connectivity index (χ3v) is 9.98. The summed E-state index contributed by atoms with van der Waals surface area (Å²) in [5.74, 6) is -0.564. The third kappa shape index (κ3) is 16.9. The number of carbonyl (C=O) groups excluding carboxylic acids is 3. The van der Waals surface area contributed by atoms with Crippen LogP contribution in [-0.2, 0) is 53.6 Å². The Balaban J connectivity index is 0.000000757. The molecular weight excluding hydrogens is 737 g/mol. The second-order valence-corrected chi connectivity index (χ2v) is 15.9. The molecule has 3 aliphatic heterocycles. The molecule has 0 bridgehead atoms. The maximum atomic E-state index is 12.1. The maximum absolute atomic E-state index is 12.1. The van der Waals surface area contributed by atoms with Gasteiger partial charge in [0.15, 0.2) is 0 Å². The molecule has 3 heterocycles. The molecule has 3 saturated heterocycles. The summed E-state index contributed by atoms with van der Waals surface area (Å²) < 4.78 is 0. The van der Waals surface area contributed by atoms with E-state index in [9.17, 15) is 29.7 Å². The molecule has 4 rings (SSSR count). The van der Waals surface area contributed by atoms with Crippen molar-refractivity contribution in [3.8, 4) is 0 Å². The van der Waals surface area contributed by atoms with Crippen molar-refractivity contribution in [3.63, 3.8) is 0 Å². The van der Waals surface area contributed by atoms with Gasteiger partial charge in [-0.3, -0.25) is 19.3 Å². The van der Waals surface area contributed by atoms with Gasteiger partial charge < -0.3 is 47.7 Å². The van der Waals surface area contributed by atoms with Gasteiger partial charge in [-0.1, -0.05) is 30.3 Å². The van der Waals surface area contributed by atoms with Gasteiger partial charge in [0.05, 0.1) is 0 Å². The molecule has 1 aromatic carbocycles. The van der Waals surface area contributed by atoms with Gasteiger partial charge in [0, 0.05) is 91.6 Å². The quantitative estimate of drug-likeness (QED) is 0.292. The van der Waals surface area contributed by atoms with Crippen LogP contribution >= 0.6 is 0 Å². The number of rotatable bonds is 8. The molecule has 3 aliphatic rings. The topological polar surface area (TPSA) is 140 Å². The summed E-state index contributed by atoms with van der Waals surface area (Å²) in [6, 6.07) is 11.3. The molecule has 3 fully saturated rings. The van der Waals surface area contributed by atoms with Gasteiger partial charge in [-0.25, -0.2) is 0 Å². The van der Waals surface area contributed by atoms with E-state index >= 15 is 0 Å². The summed E-state index contributed by atoms with van der Waals surface area (Å²) in [7, 11) is 7.46. The van der Waals surface area contributed by atoms with Crippen LogP contribution in [0, 0.1) is 7.43 Å². The van der Waals surface area contributed by atoms with E-state index in [-0.39, 0.29) is 76.0 Å². The van der Waals surface area contributed by atoms with Crippen molar-refractivity contribution in [2.24, 2.45) is 0 Å². The number of amides is 3. The van der Waals surface area contributed by atoms with Crippen LogP contribution in [0.3, 0.4) is 0 Å². The van der Waals surface area contributed by atoms with Crippen LogP contribution in [0.4, 0.5) is 0 Å². The molecule has 0 atom stereocenters. The van der Waals surface area contributed by atoms with Crippen molar-refractivity contribution in [2.75, 3.05) is 67.5 Å². The average Bonchev–Trinajstić information content (AvgIpc) is 3.07. The Kier molecular flexibility index (Phi) is 22.1. The average molecular weight is 809 g/mol. The van der Waals surface area contributed by atoms with Crippen molar-refractivity contribution in [1.82, 2.24) is 29.8 Å². The first-order valence-electron chi connectivity index (χ1n) is 18.3. The van der Waals surface area contributed by atoms with Gasteiger partial charge in [-0.05, 0) is 119 Å². The number of benzene rings is 1. The third-order valence-electron chi connectivity index (χ3n) is 9.98. The number of aliphatic hydroxyl groups is 3. The Morgan fingerprint density at radius 1 is 0.654 bits per heavy atom. The summed E-state index contributed by atoms with van der Waals surface area (Å²) in [4.78, 5) is 45.4. The minimum Gasteiger partial charge on any atom is -0.381 e. The van der Waals surface area contributed by atoms with Gasteiger partial charge in [-0.15, -0.1) is 0 Å². The number of likely N-dealkylation sites (N-methyl/N-ethyl adjacent to an activating group) is 3. The van der Waals surface area contributed by atoms with E-state index in [1.54, 1.807) is 63.5 Å². The van der Waals surface area contributed by atoms with Gasteiger partial charge in [0.2, 0.25) is 0 Å². The molecule has 297 valence electrons. The molecule has 4 N–H and O–H groups in total. The Morgan fingerprint density at radius 3 is 1.33 bits per heavy atom. The summed E-state index contributed by atoms with van der Waals surface area (Å²) in [6.07, 6.45) is 5.86. The van der Waals surface area contributed by atoms with E-state index in [2.05, 4.69) is 46.4 Å². The standard InChI is InChI=1S/C17H26N2O2.C11H22N2O2.C10H20N2O2.CH3.Y/c1-17(2,21)16(20)18(3)15-9-11-19(12-10-15)13-14-7-5-4-6-8-14;1-11(2,15)10(14)13(4)9-5-7-12(3)8-6-9;1-10(2,14)9(13)12(3)8-4-6-11-7-5-8;;/h4-8,15,21H,9-13H2,1-3H3;9,15H,5-8H2,1-4H3;8,11,14H,4-7H2,1-3H3;1H3;/q;;;-1;. The summed E-state index contributed by atoms with van der Waals surface area (Å²) in [5.41, 5.74) is -2.45. The predicted molar refractivity (Wildman–Crippen MR) is 205 cm³/mol. The predicted octanol–water partition coefficient (Wildman–Crippen LogP) is 2.61. The van der Waals surface area contributed by atoms with E-state index in [0.717, 1.165) is 84.3 Å². The zero-order valence-electron chi connectivity index (χ0n) is 34.2. The molecule has 1 aromatic rings. The van der Waals surface area contributed by atoms with E-state index < -0.39 is 16.8 Å². The van der Waals surface area contributed by atoms with E-state index in [1.807, 2.05) is 6.07 Å². The molecule has 0 aliphatic carbocycles. The smallest absolute Gasteiger partial charge is 0.253 e. The van der Waals surface area contributed by atoms with Crippen molar-refractivity contribution < 1.29 is 62.4 Å². The van der Waals surface area contributed by atoms with Gasteiger partial charge >= 0.3 is 0 Å². The summed E-state index contributed by atoms with van der Waals surface area (Å²) in [5, 5.41) is 32.3. The zero-order valence-corrected chi connectivity index (χ0v) is 37.0. The van der Waals surface area contributed by atoms with E-state index in [4.69, 9.17) is 0 Å². The molecule has 0 spiro atoms. The van der Waals surface area contributed by atoms with Gasteiger partial charge in [0.25, 0.3) is 17.7 Å². The van der Waals surface area contributed by atoms with Crippen molar-refractivity contribution in [2.45, 2.75) is 122 Å². The van der Waals surface area contributed by atoms with Crippen molar-refractivity contribution >= 4 is 17.7 Å². The second-order valence-electron chi connectivity index (χ2n) is 15.9. The maximum Gasteiger partial charge on any atom is 0.253 e. The Bertz CT molecular complexity index is 1180. The fourth-order valence-corrected chi connectivity index (χ4v) is 6.67. The Labute approximate surface area is 340 Å². The fraction of sp³-hybridized carbons (Fsp3) is 0.744. The molecule has 0 saturated carbocycles. The molecule has 0 aromatic heterocycles. The minimum atomic E-state index is -1.28. The summed E-state index contributed by atoms with van der Waals surface area (Å²) in [6.45, 7) is 16.2. The molecular formula is C39H71N6O6Y-.